The van der Waals surface area contributed by atoms with Crippen LogP contribution in [0, 0.1) is 12.8 Å². The Morgan fingerprint density at radius 3 is 2.22 bits per heavy atom. The molecule has 0 aliphatic carbocycles. The molecule has 2 N–H and O–H groups in total. The predicted molar refractivity (Wildman–Crippen MR) is 99.8 cm³/mol. The number of hydrogen-bond donors (Lipinski definition) is 1. The van der Waals surface area contributed by atoms with Crippen molar-refractivity contribution in [1.82, 2.24) is 10.1 Å². The number of nitrogens with two attached hydrogens (primary N) is 1. The lowest BCUT2D eigenvalue weighted by atomic mass is 10.1. The van der Waals surface area contributed by atoms with E-state index in [2.05, 4.69) is 18.0 Å². The van der Waals surface area contributed by atoms with Crippen LogP contribution >= 0.6 is 0 Å². The highest BCUT2D eigenvalue weighted by Crippen LogP contribution is 2.20. The summed E-state index contributed by atoms with van der Waals surface area (Å²) >= 11 is 0. The minimum atomic E-state index is 0.538. The molecule has 4 nitrogen and oxygen atoms in total. The summed E-state index contributed by atoms with van der Waals surface area (Å²) in [4.78, 5) is 2.04. The molecule has 2 rings (SSSR count). The van der Waals surface area contributed by atoms with Crippen LogP contribution in [0.25, 0.3) is 11.3 Å². The van der Waals surface area contributed by atoms with Crippen LogP contribution in [0.2, 0.25) is 0 Å². The molecule has 1 aromatic carbocycles. The molecule has 0 bridgehead atoms. The minimum Gasteiger partial charge on any atom is -0.359 e. The van der Waals surface area contributed by atoms with E-state index in [0.29, 0.717) is 6.54 Å². The number of benzene rings is 1. The predicted octanol–water partition coefficient (Wildman–Crippen LogP) is 4.16. The Hall–Kier alpha value is -2.09. The Bertz CT molecular complexity index is 530. The number of terminal acetylenes is 1. The van der Waals surface area contributed by atoms with Gasteiger partial charge in [-0.3, -0.25) is 0 Å². The number of aromatic nitrogens is 1. The first kappa shape index (κ1) is 23.2. The maximum Gasteiger partial charge on any atom is 0.151 e. The van der Waals surface area contributed by atoms with Gasteiger partial charge in [0.25, 0.3) is 0 Å². The van der Waals surface area contributed by atoms with Gasteiger partial charge in [0.2, 0.25) is 0 Å². The average molecular weight is 317 g/mol. The summed E-state index contributed by atoms with van der Waals surface area (Å²) in [6.07, 6.45) is 8.00. The molecular weight excluding hydrogens is 286 g/mol. The third kappa shape index (κ3) is 8.82. The summed E-state index contributed by atoms with van der Waals surface area (Å²) in [5.74, 6) is 0.864. The molecule has 4 heteroatoms. The summed E-state index contributed by atoms with van der Waals surface area (Å²) in [6.45, 7) is 9.29. The molecule has 0 saturated carbocycles. The van der Waals surface area contributed by atoms with E-state index in [1.54, 1.807) is 0 Å². The van der Waals surface area contributed by atoms with Crippen LogP contribution < -0.4 is 5.73 Å². The van der Waals surface area contributed by atoms with Gasteiger partial charge in [0.1, 0.15) is 5.69 Å². The molecule has 0 unspecified atom stereocenters. The van der Waals surface area contributed by atoms with Crippen LogP contribution in [0.3, 0.4) is 0 Å². The SMILES string of the molecule is C#C.CC.CC.CN(C)Cc1cc(-c2cccc(CN)c2)no1. The number of hydrogen-bond acceptors (Lipinski definition) is 4. The van der Waals surface area contributed by atoms with Crippen LogP contribution in [-0.2, 0) is 13.1 Å². The monoisotopic (exact) mass is 317 g/mol. The van der Waals surface area contributed by atoms with Crippen molar-refractivity contribution in [3.63, 3.8) is 0 Å². The Labute approximate surface area is 141 Å². The second-order valence-electron chi connectivity index (χ2n) is 4.32. The summed E-state index contributed by atoms with van der Waals surface area (Å²) in [7, 11) is 3.99. The fourth-order valence-electron chi connectivity index (χ4n) is 1.69. The minimum absolute atomic E-state index is 0.538. The fraction of sp³-hybridized carbons (Fsp3) is 0.421. The Kier molecular flexibility index (Phi) is 14.9. The normalized spacial score (nSPS) is 8.78. The molecule has 0 aliphatic rings. The van der Waals surface area contributed by atoms with Crippen molar-refractivity contribution in [1.29, 1.82) is 0 Å². The van der Waals surface area contributed by atoms with Crippen molar-refractivity contribution in [3.05, 3.63) is 41.7 Å². The van der Waals surface area contributed by atoms with Gasteiger partial charge < -0.3 is 15.2 Å². The van der Waals surface area contributed by atoms with Crippen molar-refractivity contribution >= 4 is 0 Å². The van der Waals surface area contributed by atoms with E-state index in [1.165, 1.54) is 0 Å². The van der Waals surface area contributed by atoms with Gasteiger partial charge in [0.05, 0.1) is 6.54 Å². The molecule has 1 heterocycles. The summed E-state index contributed by atoms with van der Waals surface area (Å²) in [5, 5.41) is 4.07. The molecule has 23 heavy (non-hydrogen) atoms. The highest BCUT2D eigenvalue weighted by molar-refractivity contribution is 5.59. The smallest absolute Gasteiger partial charge is 0.151 e. The largest absolute Gasteiger partial charge is 0.359 e. The standard InChI is InChI=1S/C13H17N3O.2C2H6.C2H2/c1-16(2)9-12-7-13(15-17-12)11-5-3-4-10(6-11)8-14;3*1-2/h3-7H,8-9,14H2,1-2H3;2*1-2H3;1-2H. The summed E-state index contributed by atoms with van der Waals surface area (Å²) in [6, 6.07) is 10.0. The number of rotatable bonds is 4. The third-order valence-corrected chi connectivity index (χ3v) is 2.49. The van der Waals surface area contributed by atoms with Crippen molar-refractivity contribution in [3.8, 4) is 24.1 Å². The Balaban J connectivity index is 0. The van der Waals surface area contributed by atoms with Gasteiger partial charge in [0.15, 0.2) is 5.76 Å². The van der Waals surface area contributed by atoms with Crippen molar-refractivity contribution in [2.75, 3.05) is 14.1 Å². The van der Waals surface area contributed by atoms with Gasteiger partial charge in [-0.05, 0) is 25.7 Å². The van der Waals surface area contributed by atoms with Gasteiger partial charge in [-0.1, -0.05) is 51.1 Å². The third-order valence-electron chi connectivity index (χ3n) is 2.49. The molecule has 0 saturated heterocycles. The van der Waals surface area contributed by atoms with Crippen molar-refractivity contribution in [2.45, 2.75) is 40.8 Å². The summed E-state index contributed by atoms with van der Waals surface area (Å²) in [5.41, 5.74) is 8.62. The van der Waals surface area contributed by atoms with Gasteiger partial charge in [-0.2, -0.15) is 0 Å². The molecule has 1 aromatic heterocycles. The molecule has 0 fully saturated rings. The fourth-order valence-corrected chi connectivity index (χ4v) is 1.69. The van der Waals surface area contributed by atoms with Crippen molar-refractivity contribution in [2.24, 2.45) is 5.73 Å². The zero-order valence-electron chi connectivity index (χ0n) is 15.3. The summed E-state index contributed by atoms with van der Waals surface area (Å²) < 4.78 is 5.28. The van der Waals surface area contributed by atoms with Crippen LogP contribution in [-0.4, -0.2) is 24.2 Å². The van der Waals surface area contributed by atoms with Crippen molar-refractivity contribution < 1.29 is 4.52 Å². The lowest BCUT2D eigenvalue weighted by molar-refractivity contribution is 0.310. The highest BCUT2D eigenvalue weighted by atomic mass is 16.5. The molecular formula is C19H31N3O. The van der Waals surface area contributed by atoms with Crippen LogP contribution in [0.1, 0.15) is 39.0 Å². The maximum absolute atomic E-state index is 5.62. The molecule has 0 spiro atoms. The van der Waals surface area contributed by atoms with E-state index in [0.717, 1.165) is 29.1 Å². The van der Waals surface area contributed by atoms with Crippen LogP contribution in [0.4, 0.5) is 0 Å². The Morgan fingerprint density at radius 2 is 1.70 bits per heavy atom. The highest BCUT2D eigenvalue weighted by Gasteiger charge is 2.07. The van der Waals surface area contributed by atoms with E-state index in [-0.39, 0.29) is 0 Å². The number of nitrogens with zero attached hydrogens (tertiary/aromatic N) is 2. The zero-order chi connectivity index (χ0) is 18.3. The topological polar surface area (TPSA) is 55.3 Å². The van der Waals surface area contributed by atoms with Gasteiger partial charge in [0, 0.05) is 18.2 Å². The van der Waals surface area contributed by atoms with E-state index < -0.39 is 0 Å². The van der Waals surface area contributed by atoms with Crippen LogP contribution in [0.15, 0.2) is 34.9 Å². The maximum atomic E-state index is 5.62. The van der Waals surface area contributed by atoms with Gasteiger partial charge in [-0.25, -0.2) is 0 Å². The molecule has 128 valence electrons. The van der Waals surface area contributed by atoms with E-state index in [4.69, 9.17) is 10.3 Å². The first-order valence-electron chi connectivity index (χ1n) is 7.92. The zero-order valence-corrected chi connectivity index (χ0v) is 15.3. The lowest BCUT2D eigenvalue weighted by Gasteiger charge is -2.04. The second-order valence-corrected chi connectivity index (χ2v) is 4.32. The van der Waals surface area contributed by atoms with Gasteiger partial charge >= 0.3 is 0 Å². The lowest BCUT2D eigenvalue weighted by Crippen LogP contribution is -2.09. The quantitative estimate of drug-likeness (QED) is 0.860. The molecule has 0 aliphatic heterocycles. The van der Waals surface area contributed by atoms with Crippen LogP contribution in [0.5, 0.6) is 0 Å². The first-order chi connectivity index (χ1) is 11.2. The van der Waals surface area contributed by atoms with E-state index in [1.807, 2.05) is 77.0 Å². The van der Waals surface area contributed by atoms with E-state index in [9.17, 15) is 0 Å². The second kappa shape index (κ2) is 14.8. The Morgan fingerprint density at radius 1 is 1.09 bits per heavy atom. The molecule has 0 radical (unpaired) electrons. The van der Waals surface area contributed by atoms with E-state index >= 15 is 0 Å². The average Bonchev–Trinajstić information content (AvgIpc) is 3.08. The molecule has 0 atom stereocenters. The first-order valence-corrected chi connectivity index (χ1v) is 7.92. The van der Waals surface area contributed by atoms with Gasteiger partial charge in [-0.15, -0.1) is 12.8 Å². The molecule has 2 aromatic rings. The molecule has 0 amide bonds.